The summed E-state index contributed by atoms with van der Waals surface area (Å²) in [5.41, 5.74) is 2.32. The number of benzene rings is 3. The topological polar surface area (TPSA) is 88.4 Å². The Morgan fingerprint density at radius 1 is 1.11 bits per heavy atom. The summed E-state index contributed by atoms with van der Waals surface area (Å²) in [6.45, 7) is 0.357. The molecule has 178 valence electrons. The van der Waals surface area contributed by atoms with E-state index < -0.39 is 5.97 Å². The van der Waals surface area contributed by atoms with Crippen LogP contribution in [0.3, 0.4) is 0 Å². The van der Waals surface area contributed by atoms with Gasteiger partial charge in [-0.1, -0.05) is 35.9 Å². The number of likely N-dealkylation sites (N-methyl/N-ethyl adjacent to an activating group) is 1. The van der Waals surface area contributed by atoms with Crippen molar-refractivity contribution in [2.75, 3.05) is 14.2 Å². The van der Waals surface area contributed by atoms with Crippen LogP contribution in [0.4, 0.5) is 5.69 Å². The highest BCUT2D eigenvalue weighted by molar-refractivity contribution is 8.18. The zero-order valence-electron chi connectivity index (χ0n) is 18.9. The Labute approximate surface area is 211 Å². The Morgan fingerprint density at radius 3 is 2.60 bits per heavy atom. The van der Waals surface area contributed by atoms with Crippen LogP contribution in [0.1, 0.15) is 21.5 Å². The van der Waals surface area contributed by atoms with Gasteiger partial charge in [0.15, 0.2) is 16.7 Å². The van der Waals surface area contributed by atoms with Crippen molar-refractivity contribution < 1.29 is 24.2 Å². The van der Waals surface area contributed by atoms with Gasteiger partial charge in [-0.3, -0.25) is 9.69 Å². The van der Waals surface area contributed by atoms with Crippen molar-refractivity contribution in [1.82, 2.24) is 4.90 Å². The zero-order valence-corrected chi connectivity index (χ0v) is 20.5. The van der Waals surface area contributed by atoms with Crippen LogP contribution in [-0.2, 0) is 11.4 Å². The molecule has 0 atom stereocenters. The quantitative estimate of drug-likeness (QED) is 0.402. The number of amidine groups is 1. The number of hydrogen-bond donors (Lipinski definition) is 1. The third kappa shape index (κ3) is 5.85. The van der Waals surface area contributed by atoms with Crippen molar-refractivity contribution >= 4 is 52.2 Å². The van der Waals surface area contributed by atoms with Crippen LogP contribution in [-0.4, -0.2) is 41.2 Å². The number of rotatable bonds is 7. The Bertz CT molecular complexity index is 1340. The first-order chi connectivity index (χ1) is 16.8. The number of nitrogens with zero attached hydrogens (tertiary/aromatic N) is 2. The standard InChI is InChI=1S/C26H21ClN2O5S/c1-29-24(30)23(35-26(29)28-20-5-3-4-18(14-20)25(31)32)13-17-8-11-21(22(12-17)33-2)34-15-16-6-9-19(27)10-7-16/h3-14H,15H2,1-2H3,(H,31,32). The summed E-state index contributed by atoms with van der Waals surface area (Å²) in [6.07, 6.45) is 1.76. The highest BCUT2D eigenvalue weighted by Gasteiger charge is 2.30. The summed E-state index contributed by atoms with van der Waals surface area (Å²) in [5.74, 6) is -0.125. The maximum absolute atomic E-state index is 12.8. The van der Waals surface area contributed by atoms with Crippen molar-refractivity contribution in [2.24, 2.45) is 4.99 Å². The first kappa shape index (κ1) is 24.4. The monoisotopic (exact) mass is 508 g/mol. The Morgan fingerprint density at radius 2 is 1.89 bits per heavy atom. The predicted molar refractivity (Wildman–Crippen MR) is 138 cm³/mol. The van der Waals surface area contributed by atoms with Crippen LogP contribution in [0.2, 0.25) is 5.02 Å². The zero-order chi connectivity index (χ0) is 24.9. The molecule has 1 aliphatic rings. The molecule has 0 bridgehead atoms. The molecule has 1 N–H and O–H groups in total. The molecule has 9 heteroatoms. The van der Waals surface area contributed by atoms with E-state index in [-0.39, 0.29) is 11.5 Å². The van der Waals surface area contributed by atoms with E-state index in [9.17, 15) is 14.7 Å². The number of ether oxygens (including phenoxy) is 2. The SMILES string of the molecule is COc1cc(C=C2SC(=Nc3cccc(C(=O)O)c3)N(C)C2=O)ccc1OCc1ccc(Cl)cc1. The van der Waals surface area contributed by atoms with Crippen molar-refractivity contribution in [3.05, 3.63) is 93.3 Å². The van der Waals surface area contributed by atoms with E-state index in [1.807, 2.05) is 18.2 Å². The summed E-state index contributed by atoms with van der Waals surface area (Å²) < 4.78 is 11.4. The lowest BCUT2D eigenvalue weighted by molar-refractivity contribution is -0.121. The number of thioether (sulfide) groups is 1. The average Bonchev–Trinajstić information content (AvgIpc) is 3.11. The lowest BCUT2D eigenvalue weighted by Gasteiger charge is -2.11. The Hall–Kier alpha value is -3.75. The van der Waals surface area contributed by atoms with Gasteiger partial charge in [0.1, 0.15) is 6.61 Å². The minimum Gasteiger partial charge on any atom is -0.493 e. The molecule has 1 heterocycles. The fourth-order valence-corrected chi connectivity index (χ4v) is 4.37. The van der Waals surface area contributed by atoms with Gasteiger partial charge in [0.2, 0.25) is 0 Å². The molecule has 0 spiro atoms. The van der Waals surface area contributed by atoms with E-state index in [0.717, 1.165) is 11.1 Å². The average molecular weight is 509 g/mol. The smallest absolute Gasteiger partial charge is 0.335 e. The third-order valence-corrected chi connectivity index (χ3v) is 6.43. The van der Waals surface area contributed by atoms with Crippen LogP contribution in [0.25, 0.3) is 6.08 Å². The third-order valence-electron chi connectivity index (χ3n) is 5.11. The van der Waals surface area contributed by atoms with Crippen LogP contribution in [0.5, 0.6) is 11.5 Å². The molecule has 0 unspecified atom stereocenters. The fraction of sp³-hybridized carbons (Fsp3) is 0.115. The van der Waals surface area contributed by atoms with Crippen molar-refractivity contribution in [1.29, 1.82) is 0 Å². The van der Waals surface area contributed by atoms with Crippen molar-refractivity contribution in [2.45, 2.75) is 6.61 Å². The molecule has 0 aromatic heterocycles. The summed E-state index contributed by atoms with van der Waals surface area (Å²) in [5, 5.41) is 10.3. The van der Waals surface area contributed by atoms with E-state index in [4.69, 9.17) is 21.1 Å². The number of methoxy groups -OCH3 is 1. The minimum absolute atomic E-state index is 0.130. The number of carbonyl (C=O) groups excluding carboxylic acids is 1. The molecule has 0 radical (unpaired) electrons. The van der Waals surface area contributed by atoms with E-state index in [1.165, 1.54) is 28.8 Å². The van der Waals surface area contributed by atoms with Gasteiger partial charge in [-0.2, -0.15) is 0 Å². The summed E-state index contributed by atoms with van der Waals surface area (Å²) in [7, 11) is 3.19. The first-order valence-corrected chi connectivity index (χ1v) is 11.7. The molecule has 3 aromatic carbocycles. The van der Waals surface area contributed by atoms with Crippen molar-refractivity contribution in [3.8, 4) is 11.5 Å². The molecule has 1 aliphatic heterocycles. The van der Waals surface area contributed by atoms with Crippen molar-refractivity contribution in [3.63, 3.8) is 0 Å². The summed E-state index contributed by atoms with van der Waals surface area (Å²) >= 11 is 7.14. The van der Waals surface area contributed by atoms with E-state index in [0.29, 0.717) is 38.9 Å². The van der Waals surface area contributed by atoms with Gasteiger partial charge in [0.25, 0.3) is 5.91 Å². The number of carbonyl (C=O) groups is 2. The van der Waals surface area contributed by atoms with Gasteiger partial charge in [-0.25, -0.2) is 9.79 Å². The summed E-state index contributed by atoms with van der Waals surface area (Å²) in [4.78, 5) is 30.4. The highest BCUT2D eigenvalue weighted by atomic mass is 35.5. The number of aromatic carboxylic acids is 1. The summed E-state index contributed by atoms with van der Waals surface area (Å²) in [6, 6.07) is 19.1. The van der Waals surface area contributed by atoms with Gasteiger partial charge in [-0.15, -0.1) is 0 Å². The first-order valence-electron chi connectivity index (χ1n) is 10.5. The van der Waals surface area contributed by atoms with Crippen LogP contribution >= 0.6 is 23.4 Å². The lowest BCUT2D eigenvalue weighted by atomic mass is 10.2. The van der Waals surface area contributed by atoms with Crippen LogP contribution in [0, 0.1) is 0 Å². The molecule has 7 nitrogen and oxygen atoms in total. The molecule has 4 rings (SSSR count). The van der Waals surface area contributed by atoms with Crippen LogP contribution < -0.4 is 9.47 Å². The molecule has 0 saturated carbocycles. The molecular weight excluding hydrogens is 488 g/mol. The molecule has 1 saturated heterocycles. The Kier molecular flexibility index (Phi) is 7.43. The van der Waals surface area contributed by atoms with Gasteiger partial charge >= 0.3 is 5.97 Å². The van der Waals surface area contributed by atoms with E-state index >= 15 is 0 Å². The normalized spacial score (nSPS) is 15.6. The molecule has 1 amide bonds. The number of hydrogen-bond acceptors (Lipinski definition) is 6. The number of carboxylic acid groups (broad SMARTS) is 1. The second kappa shape index (κ2) is 10.7. The fourth-order valence-electron chi connectivity index (χ4n) is 3.26. The van der Waals surface area contributed by atoms with E-state index in [2.05, 4.69) is 4.99 Å². The van der Waals surface area contributed by atoms with Gasteiger partial charge in [-0.05, 0) is 71.4 Å². The van der Waals surface area contributed by atoms with E-state index in [1.54, 1.807) is 56.6 Å². The predicted octanol–water partition coefficient (Wildman–Crippen LogP) is 5.86. The van der Waals surface area contributed by atoms with Gasteiger partial charge < -0.3 is 14.6 Å². The molecular formula is C26H21ClN2O5S. The molecule has 3 aromatic rings. The second-order valence-corrected chi connectivity index (χ2v) is 9.00. The lowest BCUT2D eigenvalue weighted by Crippen LogP contribution is -2.23. The maximum atomic E-state index is 12.8. The van der Waals surface area contributed by atoms with Crippen LogP contribution in [0.15, 0.2) is 76.6 Å². The number of aliphatic imine (C=N–C) groups is 1. The molecule has 0 aliphatic carbocycles. The molecule has 1 fully saturated rings. The largest absolute Gasteiger partial charge is 0.493 e. The molecule has 35 heavy (non-hydrogen) atoms. The minimum atomic E-state index is -1.04. The number of halogens is 1. The van der Waals surface area contributed by atoms with Gasteiger partial charge in [0.05, 0.1) is 23.3 Å². The number of amides is 1. The highest BCUT2D eigenvalue weighted by Crippen LogP contribution is 2.35. The Balaban J connectivity index is 1.52. The van der Waals surface area contributed by atoms with Gasteiger partial charge in [0, 0.05) is 12.1 Å². The number of carboxylic acids is 1. The second-order valence-electron chi connectivity index (χ2n) is 7.55. The maximum Gasteiger partial charge on any atom is 0.335 e.